The Balaban J connectivity index is 2.05. The highest BCUT2D eigenvalue weighted by Gasteiger charge is 2.15. The molecule has 2 aromatic rings. The van der Waals surface area contributed by atoms with Crippen LogP contribution in [-0.2, 0) is 21.7 Å². The van der Waals surface area contributed by atoms with Crippen LogP contribution in [0.4, 0.5) is 5.69 Å². The Hall–Kier alpha value is -1.87. The molecule has 1 aromatic heterocycles. The molecule has 2 rings (SSSR count). The van der Waals surface area contributed by atoms with Gasteiger partial charge in [0.2, 0.25) is 5.91 Å². The van der Waals surface area contributed by atoms with Crippen molar-refractivity contribution in [2.45, 2.75) is 10.1 Å². The highest BCUT2D eigenvalue weighted by molar-refractivity contribution is 7.99. The van der Waals surface area contributed by atoms with Gasteiger partial charge in [-0.3, -0.25) is 4.79 Å². The van der Waals surface area contributed by atoms with Gasteiger partial charge in [0, 0.05) is 13.3 Å². The Morgan fingerprint density at radius 1 is 1.38 bits per heavy atom. The first-order valence-corrected chi connectivity index (χ1v) is 8.81. The maximum Gasteiger partial charge on any atom is 0.234 e. The first kappa shape index (κ1) is 15.5. The Bertz CT molecular complexity index is 755. The summed E-state index contributed by atoms with van der Waals surface area (Å²) in [5.74, 6) is -0.191. The van der Waals surface area contributed by atoms with Crippen molar-refractivity contribution in [1.29, 1.82) is 0 Å². The van der Waals surface area contributed by atoms with Crippen LogP contribution in [0.25, 0.3) is 0 Å². The van der Waals surface area contributed by atoms with Crippen LogP contribution >= 0.6 is 11.8 Å². The average Bonchev–Trinajstić information content (AvgIpc) is 2.81. The summed E-state index contributed by atoms with van der Waals surface area (Å²) in [5, 5.41) is 10.8. The van der Waals surface area contributed by atoms with Gasteiger partial charge < -0.3 is 9.88 Å². The van der Waals surface area contributed by atoms with Crippen LogP contribution < -0.4 is 5.32 Å². The van der Waals surface area contributed by atoms with Crippen LogP contribution in [0.2, 0.25) is 0 Å². The summed E-state index contributed by atoms with van der Waals surface area (Å²) < 4.78 is 25.0. The molecular formula is C12H14N4O3S2. The van der Waals surface area contributed by atoms with Crippen molar-refractivity contribution < 1.29 is 13.2 Å². The fourth-order valence-electron chi connectivity index (χ4n) is 1.61. The van der Waals surface area contributed by atoms with Gasteiger partial charge in [0.15, 0.2) is 15.0 Å². The molecule has 1 aromatic carbocycles. The van der Waals surface area contributed by atoms with E-state index < -0.39 is 9.84 Å². The number of aromatic nitrogens is 3. The molecule has 9 heteroatoms. The molecule has 0 spiro atoms. The van der Waals surface area contributed by atoms with Crippen LogP contribution in [0.1, 0.15) is 0 Å². The van der Waals surface area contributed by atoms with E-state index in [9.17, 15) is 13.2 Å². The van der Waals surface area contributed by atoms with E-state index >= 15 is 0 Å². The second-order valence-electron chi connectivity index (χ2n) is 4.33. The van der Waals surface area contributed by atoms with Crippen molar-refractivity contribution in [2.75, 3.05) is 17.3 Å². The molecule has 0 radical (unpaired) electrons. The number of hydrogen-bond donors (Lipinski definition) is 1. The SMILES string of the molecule is Cn1cnnc1SCC(=O)Nc1ccccc1S(C)(=O)=O. The van der Waals surface area contributed by atoms with Crippen LogP contribution in [0.5, 0.6) is 0 Å². The van der Waals surface area contributed by atoms with Crippen molar-refractivity contribution >= 4 is 33.2 Å². The molecule has 0 aliphatic carbocycles. The number of benzene rings is 1. The first-order valence-electron chi connectivity index (χ1n) is 5.93. The summed E-state index contributed by atoms with van der Waals surface area (Å²) in [6, 6.07) is 6.29. The lowest BCUT2D eigenvalue weighted by Crippen LogP contribution is -2.16. The molecule has 0 aliphatic heterocycles. The number of aryl methyl sites for hydroxylation is 1. The number of thioether (sulfide) groups is 1. The van der Waals surface area contributed by atoms with Crippen molar-refractivity contribution in [3.8, 4) is 0 Å². The van der Waals surface area contributed by atoms with Gasteiger partial charge in [-0.15, -0.1) is 10.2 Å². The summed E-state index contributed by atoms with van der Waals surface area (Å²) in [6.45, 7) is 0. The molecule has 112 valence electrons. The zero-order chi connectivity index (χ0) is 15.5. The lowest BCUT2D eigenvalue weighted by atomic mass is 10.3. The highest BCUT2D eigenvalue weighted by atomic mass is 32.2. The van der Waals surface area contributed by atoms with E-state index in [1.165, 1.54) is 17.8 Å². The maximum absolute atomic E-state index is 11.9. The summed E-state index contributed by atoms with van der Waals surface area (Å²) in [7, 11) is -1.61. The lowest BCUT2D eigenvalue weighted by Gasteiger charge is -2.09. The highest BCUT2D eigenvalue weighted by Crippen LogP contribution is 2.21. The largest absolute Gasteiger partial charge is 0.324 e. The van der Waals surface area contributed by atoms with Gasteiger partial charge in [-0.1, -0.05) is 23.9 Å². The second-order valence-corrected chi connectivity index (χ2v) is 7.26. The number of para-hydroxylation sites is 1. The number of nitrogens with one attached hydrogen (secondary N) is 1. The van der Waals surface area contributed by atoms with Crippen molar-refractivity contribution in [2.24, 2.45) is 7.05 Å². The fraction of sp³-hybridized carbons (Fsp3) is 0.250. The quantitative estimate of drug-likeness (QED) is 0.822. The zero-order valence-electron chi connectivity index (χ0n) is 11.5. The molecule has 1 amide bonds. The minimum Gasteiger partial charge on any atom is -0.324 e. The van der Waals surface area contributed by atoms with Gasteiger partial charge in [-0.05, 0) is 12.1 Å². The average molecular weight is 326 g/mol. The van der Waals surface area contributed by atoms with Crippen LogP contribution in [-0.4, -0.2) is 41.1 Å². The standard InChI is InChI=1S/C12H14N4O3S2/c1-16-8-13-15-12(16)20-7-11(17)14-9-5-3-4-6-10(9)21(2,18)19/h3-6,8H,7H2,1-2H3,(H,14,17). The van der Waals surface area contributed by atoms with Crippen molar-refractivity contribution in [1.82, 2.24) is 14.8 Å². The van der Waals surface area contributed by atoms with Gasteiger partial charge in [-0.25, -0.2) is 8.42 Å². The van der Waals surface area contributed by atoms with Gasteiger partial charge in [0.25, 0.3) is 0 Å². The number of anilines is 1. The van der Waals surface area contributed by atoms with Crippen LogP contribution in [0, 0.1) is 0 Å². The molecule has 0 bridgehead atoms. The van der Waals surface area contributed by atoms with Crippen molar-refractivity contribution in [3.63, 3.8) is 0 Å². The number of amides is 1. The summed E-state index contributed by atoms with van der Waals surface area (Å²) in [6.07, 6.45) is 2.64. The molecular weight excluding hydrogens is 312 g/mol. The number of nitrogens with zero attached hydrogens (tertiary/aromatic N) is 3. The van der Waals surface area contributed by atoms with E-state index in [1.807, 2.05) is 0 Å². The van der Waals surface area contributed by atoms with Gasteiger partial charge in [-0.2, -0.15) is 0 Å². The molecule has 21 heavy (non-hydrogen) atoms. The third-order valence-corrected chi connectivity index (χ3v) is 4.75. The van der Waals surface area contributed by atoms with E-state index in [0.717, 1.165) is 6.26 Å². The van der Waals surface area contributed by atoms with Gasteiger partial charge in [0.05, 0.1) is 16.3 Å². The minimum absolute atomic E-state index is 0.0991. The molecule has 0 aliphatic rings. The van der Waals surface area contributed by atoms with E-state index in [1.54, 1.807) is 36.1 Å². The summed E-state index contributed by atoms with van der Waals surface area (Å²) in [5.41, 5.74) is 0.281. The molecule has 1 heterocycles. The molecule has 0 fully saturated rings. The van der Waals surface area contributed by atoms with Crippen LogP contribution in [0.15, 0.2) is 40.6 Å². The number of rotatable bonds is 5. The Kier molecular flexibility index (Phi) is 4.63. The summed E-state index contributed by atoms with van der Waals surface area (Å²) in [4.78, 5) is 12.0. The maximum atomic E-state index is 11.9. The molecule has 0 saturated heterocycles. The van der Waals surface area contributed by atoms with E-state index in [4.69, 9.17) is 0 Å². The normalized spacial score (nSPS) is 11.3. The van der Waals surface area contributed by atoms with E-state index in [-0.39, 0.29) is 22.2 Å². The Labute approximate surface area is 126 Å². The molecule has 0 atom stereocenters. The number of hydrogen-bond acceptors (Lipinski definition) is 6. The van der Waals surface area contributed by atoms with Gasteiger partial charge >= 0.3 is 0 Å². The molecule has 0 unspecified atom stereocenters. The second kappa shape index (κ2) is 6.27. The van der Waals surface area contributed by atoms with E-state index in [0.29, 0.717) is 5.16 Å². The molecule has 7 nitrogen and oxygen atoms in total. The summed E-state index contributed by atoms with van der Waals surface area (Å²) >= 11 is 1.22. The number of carbonyl (C=O) groups is 1. The van der Waals surface area contributed by atoms with Gasteiger partial charge in [0.1, 0.15) is 6.33 Å². The third kappa shape index (κ3) is 4.05. The predicted octanol–water partition coefficient (Wildman–Crippen LogP) is 0.949. The fourth-order valence-corrected chi connectivity index (χ4v) is 3.15. The smallest absolute Gasteiger partial charge is 0.234 e. The zero-order valence-corrected chi connectivity index (χ0v) is 13.1. The first-order chi connectivity index (χ1) is 9.88. The third-order valence-electron chi connectivity index (χ3n) is 2.56. The topological polar surface area (TPSA) is 93.9 Å². The predicted molar refractivity (Wildman–Crippen MR) is 79.9 cm³/mol. The van der Waals surface area contributed by atoms with Crippen LogP contribution in [0.3, 0.4) is 0 Å². The Morgan fingerprint density at radius 3 is 2.71 bits per heavy atom. The minimum atomic E-state index is -3.39. The molecule has 1 N–H and O–H groups in total. The number of carbonyl (C=O) groups excluding carboxylic acids is 1. The lowest BCUT2D eigenvalue weighted by molar-refractivity contribution is -0.113. The molecule has 0 saturated carbocycles. The van der Waals surface area contributed by atoms with E-state index in [2.05, 4.69) is 15.5 Å². The Morgan fingerprint density at radius 2 is 2.10 bits per heavy atom. The monoisotopic (exact) mass is 326 g/mol. The van der Waals surface area contributed by atoms with Crippen molar-refractivity contribution in [3.05, 3.63) is 30.6 Å². The number of sulfone groups is 1.